The quantitative estimate of drug-likeness (QED) is 0.268. The second-order valence-corrected chi connectivity index (χ2v) is 11.8. The molecule has 1 saturated heterocycles. The predicted molar refractivity (Wildman–Crippen MR) is 159 cm³/mol. The highest BCUT2D eigenvalue weighted by atomic mass is 35.5. The predicted octanol–water partition coefficient (Wildman–Crippen LogP) is 5.42. The molecule has 3 N–H and O–H groups in total. The summed E-state index contributed by atoms with van der Waals surface area (Å²) in [5, 5.41) is 7.93. The first kappa shape index (κ1) is 33.2. The van der Waals surface area contributed by atoms with Gasteiger partial charge in [0.25, 0.3) is 0 Å². The van der Waals surface area contributed by atoms with E-state index in [1.165, 1.54) is 37.4 Å². The van der Waals surface area contributed by atoms with Crippen molar-refractivity contribution in [1.29, 1.82) is 0 Å². The van der Waals surface area contributed by atoms with Gasteiger partial charge in [-0.05, 0) is 42.9 Å². The molecule has 238 valence electrons. The maximum Gasteiger partial charge on any atom is 0.408 e. The number of rotatable bonds is 12. The van der Waals surface area contributed by atoms with E-state index in [0.29, 0.717) is 13.0 Å². The number of benzene rings is 2. The molecule has 1 saturated carbocycles. The molecule has 2 aromatic rings. The van der Waals surface area contributed by atoms with Crippen molar-refractivity contribution in [3.8, 4) is 0 Å². The van der Waals surface area contributed by atoms with Crippen LogP contribution in [-0.2, 0) is 29.8 Å². The zero-order valence-corrected chi connectivity index (χ0v) is 25.3. The van der Waals surface area contributed by atoms with Gasteiger partial charge in [-0.3, -0.25) is 9.59 Å². The smallest absolute Gasteiger partial charge is 0.408 e. The number of halogens is 3. The zero-order valence-electron chi connectivity index (χ0n) is 24.5. The molecule has 4 rings (SSSR count). The first-order chi connectivity index (χ1) is 21.1. The molecule has 1 heterocycles. The first-order valence-corrected chi connectivity index (χ1v) is 15.3. The van der Waals surface area contributed by atoms with E-state index in [0.717, 1.165) is 38.2 Å². The van der Waals surface area contributed by atoms with Crippen molar-refractivity contribution < 1.29 is 37.4 Å². The topological polar surface area (TPSA) is 123 Å². The lowest BCUT2D eigenvalue weighted by atomic mass is 9.84. The molecule has 9 nitrogen and oxygen atoms in total. The number of hydrogen-bond donors (Lipinski definition) is 3. The number of methoxy groups -OCH3 is 1. The van der Waals surface area contributed by atoms with Gasteiger partial charge < -0.3 is 25.4 Å². The van der Waals surface area contributed by atoms with Crippen LogP contribution in [-0.4, -0.2) is 49.6 Å². The zero-order chi connectivity index (χ0) is 31.7. The third-order valence-electron chi connectivity index (χ3n) is 8.25. The number of amides is 3. The molecule has 2 fully saturated rings. The summed E-state index contributed by atoms with van der Waals surface area (Å²) in [6, 6.07) is 10.4. The van der Waals surface area contributed by atoms with Crippen molar-refractivity contribution in [2.24, 2.45) is 11.8 Å². The molecule has 0 bridgehead atoms. The lowest BCUT2D eigenvalue weighted by molar-refractivity contribution is -0.146. The fourth-order valence-electron chi connectivity index (χ4n) is 5.88. The Morgan fingerprint density at radius 1 is 0.977 bits per heavy atom. The Kier molecular flexibility index (Phi) is 11.5. The van der Waals surface area contributed by atoms with Crippen LogP contribution >= 0.6 is 11.6 Å². The van der Waals surface area contributed by atoms with E-state index in [9.17, 15) is 19.2 Å². The number of carbonyl (C=O) groups is 4. The van der Waals surface area contributed by atoms with Crippen LogP contribution in [0.1, 0.15) is 68.6 Å². The van der Waals surface area contributed by atoms with E-state index >= 15 is 8.78 Å². The Hall–Kier alpha value is -3.73. The summed E-state index contributed by atoms with van der Waals surface area (Å²) in [6.45, 7) is 0.464. The molecule has 1 aliphatic heterocycles. The largest absolute Gasteiger partial charge is 0.467 e. The van der Waals surface area contributed by atoms with Crippen LogP contribution in [0.2, 0.25) is 5.02 Å². The van der Waals surface area contributed by atoms with Crippen molar-refractivity contribution in [3.05, 3.63) is 70.7 Å². The van der Waals surface area contributed by atoms with Crippen LogP contribution in [0, 0.1) is 11.8 Å². The van der Waals surface area contributed by atoms with Crippen molar-refractivity contribution in [2.75, 3.05) is 13.7 Å². The fraction of sp³-hybridized carbons (Fsp3) is 0.500. The van der Waals surface area contributed by atoms with Gasteiger partial charge in [-0.25, -0.2) is 9.59 Å². The molecule has 0 spiro atoms. The van der Waals surface area contributed by atoms with Crippen LogP contribution in [0.4, 0.5) is 13.6 Å². The summed E-state index contributed by atoms with van der Waals surface area (Å²) < 4.78 is 42.1. The number of esters is 1. The van der Waals surface area contributed by atoms with Gasteiger partial charge in [0.15, 0.2) is 6.10 Å². The van der Waals surface area contributed by atoms with Crippen LogP contribution < -0.4 is 16.0 Å². The van der Waals surface area contributed by atoms with Crippen molar-refractivity contribution in [2.45, 2.75) is 75.5 Å². The van der Waals surface area contributed by atoms with Gasteiger partial charge in [0.2, 0.25) is 11.8 Å². The molecule has 1 unspecified atom stereocenters. The monoisotopic (exact) mass is 633 g/mol. The van der Waals surface area contributed by atoms with Gasteiger partial charge >= 0.3 is 18.0 Å². The van der Waals surface area contributed by atoms with E-state index in [1.54, 1.807) is 18.2 Å². The minimum Gasteiger partial charge on any atom is -0.467 e. The van der Waals surface area contributed by atoms with Crippen molar-refractivity contribution in [3.63, 3.8) is 0 Å². The number of alkyl carbamates (subject to hydrolysis) is 1. The van der Waals surface area contributed by atoms with Gasteiger partial charge in [-0.2, -0.15) is 8.78 Å². The highest BCUT2D eigenvalue weighted by Gasteiger charge is 2.46. The normalized spacial score (nSPS) is 19.3. The third kappa shape index (κ3) is 8.68. The highest BCUT2D eigenvalue weighted by Crippen LogP contribution is 2.43. The molecule has 44 heavy (non-hydrogen) atoms. The maximum absolute atomic E-state index is 15.9. The molecular formula is C32H38ClF2N3O6. The van der Waals surface area contributed by atoms with E-state index < -0.39 is 53.6 Å². The van der Waals surface area contributed by atoms with Gasteiger partial charge in [0.1, 0.15) is 12.1 Å². The summed E-state index contributed by atoms with van der Waals surface area (Å²) in [7, 11) is 1.18. The fourth-order valence-corrected chi connectivity index (χ4v) is 6.07. The third-order valence-corrected chi connectivity index (χ3v) is 8.49. The van der Waals surface area contributed by atoms with Gasteiger partial charge in [0, 0.05) is 23.0 Å². The van der Waals surface area contributed by atoms with E-state index in [2.05, 4.69) is 16.0 Å². The standard InChI is InChI=1S/C32H38ClF2N3O6/c1-43-30(41)26(18-22-15-16-36-28(22)39)37-29(40)25(17-20-9-4-2-5-10-20)38-31(42)44-27(21-11-6-3-7-12-21)32(34,35)23-13-8-14-24(33)19-23/h3,6-8,11-14,19-20,22,25-27H,2,4-5,9-10,15-18H2,1H3,(H,36,39)(H,37,40)(H,38,42)/t22-,25-,26-,27?/m0/s1. The Balaban J connectivity index is 1.55. The Bertz CT molecular complexity index is 1310. The average Bonchev–Trinajstić information content (AvgIpc) is 3.43. The van der Waals surface area contributed by atoms with Crippen LogP contribution in [0.5, 0.6) is 0 Å². The summed E-state index contributed by atoms with van der Waals surface area (Å²) in [6.07, 6.45) is 2.15. The lowest BCUT2D eigenvalue weighted by Gasteiger charge is -2.30. The molecule has 0 radical (unpaired) electrons. The molecule has 2 aromatic carbocycles. The number of hydrogen-bond acceptors (Lipinski definition) is 6. The minimum atomic E-state index is -3.68. The molecule has 12 heteroatoms. The van der Waals surface area contributed by atoms with E-state index in [1.807, 2.05) is 0 Å². The van der Waals surface area contributed by atoms with E-state index in [4.69, 9.17) is 21.1 Å². The Morgan fingerprint density at radius 2 is 1.70 bits per heavy atom. The molecule has 2 aliphatic rings. The number of nitrogens with one attached hydrogen (secondary N) is 3. The molecule has 3 amide bonds. The summed E-state index contributed by atoms with van der Waals surface area (Å²) in [5.41, 5.74) is -0.401. The molecule has 0 aromatic heterocycles. The van der Waals surface area contributed by atoms with Gasteiger partial charge in [-0.1, -0.05) is 86.2 Å². The number of ether oxygens (including phenoxy) is 2. The maximum atomic E-state index is 15.9. The summed E-state index contributed by atoms with van der Waals surface area (Å²) in [5.74, 6) is -5.73. The van der Waals surface area contributed by atoms with Crippen LogP contribution in [0.25, 0.3) is 0 Å². The molecule has 4 atom stereocenters. The van der Waals surface area contributed by atoms with Crippen LogP contribution in [0.15, 0.2) is 54.6 Å². The summed E-state index contributed by atoms with van der Waals surface area (Å²) in [4.78, 5) is 51.6. The summed E-state index contributed by atoms with van der Waals surface area (Å²) >= 11 is 5.99. The Morgan fingerprint density at radius 3 is 2.34 bits per heavy atom. The van der Waals surface area contributed by atoms with E-state index in [-0.39, 0.29) is 35.3 Å². The highest BCUT2D eigenvalue weighted by molar-refractivity contribution is 6.30. The van der Waals surface area contributed by atoms with Crippen molar-refractivity contribution >= 4 is 35.5 Å². The SMILES string of the molecule is COC(=O)[C@H](C[C@@H]1CCNC1=O)NC(=O)[C@H](CC1CCCCC1)NC(=O)OC(c1ccccc1)C(F)(F)c1cccc(Cl)c1. The van der Waals surface area contributed by atoms with Crippen molar-refractivity contribution in [1.82, 2.24) is 16.0 Å². The van der Waals surface area contributed by atoms with Gasteiger partial charge in [-0.15, -0.1) is 0 Å². The molecular weight excluding hydrogens is 596 g/mol. The molecule has 1 aliphatic carbocycles. The van der Waals surface area contributed by atoms with Gasteiger partial charge in [0.05, 0.1) is 7.11 Å². The Labute approximate surface area is 260 Å². The second-order valence-electron chi connectivity index (χ2n) is 11.4. The first-order valence-electron chi connectivity index (χ1n) is 14.9. The van der Waals surface area contributed by atoms with Crippen LogP contribution in [0.3, 0.4) is 0 Å². The lowest BCUT2D eigenvalue weighted by Crippen LogP contribution is -2.53. The number of carbonyl (C=O) groups excluding carboxylic acids is 4. The second kappa shape index (κ2) is 15.3. The minimum absolute atomic E-state index is 0.0206. The average molecular weight is 634 g/mol. The number of alkyl halides is 2.